The predicted octanol–water partition coefficient (Wildman–Crippen LogP) is 2.68. The molecule has 0 unspecified atom stereocenters. The molecule has 0 saturated carbocycles. The van der Waals surface area contributed by atoms with Gasteiger partial charge in [-0.1, -0.05) is 24.3 Å². The van der Waals surface area contributed by atoms with Crippen LogP contribution in [0, 0.1) is 0 Å². The molecule has 0 aromatic heterocycles. The van der Waals surface area contributed by atoms with E-state index in [1.54, 1.807) is 0 Å². The average Bonchev–Trinajstić information content (AvgIpc) is 2.33. The summed E-state index contributed by atoms with van der Waals surface area (Å²) < 4.78 is 0. The molecule has 0 aliphatic rings. The van der Waals surface area contributed by atoms with Crippen LogP contribution in [-0.4, -0.2) is 0 Å². The Morgan fingerprint density at radius 2 is 1.75 bits per heavy atom. The average molecular weight is 230 g/mol. The van der Waals surface area contributed by atoms with Gasteiger partial charge in [0.25, 0.3) is 0 Å². The summed E-state index contributed by atoms with van der Waals surface area (Å²) in [5, 5.41) is 0. The second-order valence-corrected chi connectivity index (χ2v) is 4.16. The minimum atomic E-state index is 0.552. The summed E-state index contributed by atoms with van der Waals surface area (Å²) in [6.45, 7) is 0.552. The van der Waals surface area contributed by atoms with Crippen LogP contribution in [-0.2, 0) is 6.54 Å². The van der Waals surface area contributed by atoms with Gasteiger partial charge in [0, 0.05) is 17.1 Å². The highest BCUT2D eigenvalue weighted by molar-refractivity contribution is 7.80. The third kappa shape index (κ3) is 2.21. The minimum Gasteiger partial charge on any atom is -0.398 e. The van der Waals surface area contributed by atoms with Crippen molar-refractivity contribution >= 4 is 18.3 Å². The maximum atomic E-state index is 5.73. The molecule has 0 aliphatic carbocycles. The first-order valence-electron chi connectivity index (χ1n) is 5.08. The SMILES string of the molecule is NCc1cccc(-c2ccc(N)c(S)c2)c1. The number of anilines is 1. The Morgan fingerprint density at radius 1 is 1.00 bits per heavy atom. The zero-order chi connectivity index (χ0) is 11.5. The lowest BCUT2D eigenvalue weighted by molar-refractivity contribution is 1.07. The summed E-state index contributed by atoms with van der Waals surface area (Å²) in [5.74, 6) is 0. The Labute approximate surface area is 101 Å². The molecule has 2 nitrogen and oxygen atoms in total. The van der Waals surface area contributed by atoms with Gasteiger partial charge in [-0.05, 0) is 34.9 Å². The van der Waals surface area contributed by atoms with E-state index in [-0.39, 0.29) is 0 Å². The molecule has 0 fully saturated rings. The number of thiol groups is 1. The molecule has 0 aliphatic heterocycles. The Balaban J connectivity index is 2.46. The molecule has 0 spiro atoms. The second kappa shape index (κ2) is 4.60. The van der Waals surface area contributed by atoms with E-state index in [1.165, 1.54) is 0 Å². The topological polar surface area (TPSA) is 52.0 Å². The van der Waals surface area contributed by atoms with Gasteiger partial charge in [-0.25, -0.2) is 0 Å². The van der Waals surface area contributed by atoms with E-state index < -0.39 is 0 Å². The third-order valence-electron chi connectivity index (χ3n) is 2.53. The van der Waals surface area contributed by atoms with Crippen molar-refractivity contribution in [1.82, 2.24) is 0 Å². The summed E-state index contributed by atoms with van der Waals surface area (Å²) in [7, 11) is 0. The normalized spacial score (nSPS) is 10.4. The molecule has 4 N–H and O–H groups in total. The van der Waals surface area contributed by atoms with Crippen molar-refractivity contribution in [2.24, 2.45) is 5.73 Å². The van der Waals surface area contributed by atoms with Crippen LogP contribution in [0.3, 0.4) is 0 Å². The quantitative estimate of drug-likeness (QED) is 0.549. The van der Waals surface area contributed by atoms with Crippen molar-refractivity contribution in [3.05, 3.63) is 48.0 Å². The Morgan fingerprint density at radius 3 is 2.44 bits per heavy atom. The van der Waals surface area contributed by atoms with Crippen molar-refractivity contribution in [3.63, 3.8) is 0 Å². The van der Waals surface area contributed by atoms with Crippen LogP contribution in [0.1, 0.15) is 5.56 Å². The lowest BCUT2D eigenvalue weighted by atomic mass is 10.0. The van der Waals surface area contributed by atoms with Crippen LogP contribution < -0.4 is 11.5 Å². The monoisotopic (exact) mass is 230 g/mol. The minimum absolute atomic E-state index is 0.552. The number of hydrogen-bond acceptors (Lipinski definition) is 3. The molecule has 82 valence electrons. The summed E-state index contributed by atoms with van der Waals surface area (Å²) in [5.41, 5.74) is 15.4. The molecule has 0 radical (unpaired) electrons. The first-order valence-corrected chi connectivity index (χ1v) is 5.53. The van der Waals surface area contributed by atoms with E-state index in [4.69, 9.17) is 11.5 Å². The zero-order valence-electron chi connectivity index (χ0n) is 8.85. The van der Waals surface area contributed by atoms with Gasteiger partial charge in [-0.2, -0.15) is 0 Å². The summed E-state index contributed by atoms with van der Waals surface area (Å²) >= 11 is 4.32. The molecule has 0 heterocycles. The van der Waals surface area contributed by atoms with Gasteiger partial charge in [-0.15, -0.1) is 12.6 Å². The Bertz CT molecular complexity index is 509. The van der Waals surface area contributed by atoms with E-state index in [2.05, 4.69) is 24.8 Å². The van der Waals surface area contributed by atoms with Crippen LogP contribution in [0.2, 0.25) is 0 Å². The fourth-order valence-electron chi connectivity index (χ4n) is 1.60. The first kappa shape index (κ1) is 11.0. The van der Waals surface area contributed by atoms with Gasteiger partial charge in [0.15, 0.2) is 0 Å². The van der Waals surface area contributed by atoms with Gasteiger partial charge in [0.2, 0.25) is 0 Å². The van der Waals surface area contributed by atoms with E-state index in [0.29, 0.717) is 12.2 Å². The number of nitrogens with two attached hydrogens (primary N) is 2. The fraction of sp³-hybridized carbons (Fsp3) is 0.0769. The summed E-state index contributed by atoms with van der Waals surface area (Å²) in [6.07, 6.45) is 0. The van der Waals surface area contributed by atoms with E-state index in [1.807, 2.05) is 30.3 Å². The van der Waals surface area contributed by atoms with Gasteiger partial charge in [0.1, 0.15) is 0 Å². The lowest BCUT2D eigenvalue weighted by Gasteiger charge is -2.06. The number of nitrogen functional groups attached to an aromatic ring is 1. The standard InChI is InChI=1S/C13H14N2S/c14-8-9-2-1-3-10(6-9)11-4-5-12(15)13(16)7-11/h1-7,16H,8,14-15H2. The van der Waals surface area contributed by atoms with Crippen molar-refractivity contribution in [3.8, 4) is 11.1 Å². The Kier molecular flexibility index (Phi) is 3.17. The van der Waals surface area contributed by atoms with Crippen LogP contribution in [0.25, 0.3) is 11.1 Å². The van der Waals surface area contributed by atoms with Crippen LogP contribution in [0.15, 0.2) is 47.4 Å². The molecule has 16 heavy (non-hydrogen) atoms. The fourth-order valence-corrected chi connectivity index (χ4v) is 1.81. The maximum Gasteiger partial charge on any atom is 0.0450 e. The lowest BCUT2D eigenvalue weighted by Crippen LogP contribution is -1.95. The molecule has 0 bridgehead atoms. The number of rotatable bonds is 2. The van der Waals surface area contributed by atoms with E-state index >= 15 is 0 Å². The maximum absolute atomic E-state index is 5.73. The van der Waals surface area contributed by atoms with Crippen molar-refractivity contribution in [1.29, 1.82) is 0 Å². The van der Waals surface area contributed by atoms with E-state index in [9.17, 15) is 0 Å². The summed E-state index contributed by atoms with van der Waals surface area (Å²) in [6, 6.07) is 14.0. The van der Waals surface area contributed by atoms with Crippen molar-refractivity contribution in [2.45, 2.75) is 11.4 Å². The molecule has 2 aromatic rings. The zero-order valence-corrected chi connectivity index (χ0v) is 9.74. The predicted molar refractivity (Wildman–Crippen MR) is 71.4 cm³/mol. The number of benzene rings is 2. The molecule has 0 saturated heterocycles. The van der Waals surface area contributed by atoms with Gasteiger partial charge in [0.05, 0.1) is 0 Å². The summed E-state index contributed by atoms with van der Waals surface area (Å²) in [4.78, 5) is 0.802. The van der Waals surface area contributed by atoms with Gasteiger partial charge in [-0.3, -0.25) is 0 Å². The highest BCUT2D eigenvalue weighted by Crippen LogP contribution is 2.26. The smallest absolute Gasteiger partial charge is 0.0450 e. The van der Waals surface area contributed by atoms with Crippen LogP contribution in [0.4, 0.5) is 5.69 Å². The van der Waals surface area contributed by atoms with Gasteiger partial charge < -0.3 is 11.5 Å². The molecule has 2 aromatic carbocycles. The highest BCUT2D eigenvalue weighted by Gasteiger charge is 2.01. The van der Waals surface area contributed by atoms with Crippen LogP contribution >= 0.6 is 12.6 Å². The molecular formula is C13H14N2S. The molecule has 3 heteroatoms. The molecule has 0 amide bonds. The Hall–Kier alpha value is -1.45. The van der Waals surface area contributed by atoms with Crippen molar-refractivity contribution in [2.75, 3.05) is 5.73 Å². The highest BCUT2D eigenvalue weighted by atomic mass is 32.1. The largest absolute Gasteiger partial charge is 0.398 e. The first-order chi connectivity index (χ1) is 7.70. The molecular weight excluding hydrogens is 216 g/mol. The number of hydrogen-bond donors (Lipinski definition) is 3. The van der Waals surface area contributed by atoms with Crippen molar-refractivity contribution < 1.29 is 0 Å². The third-order valence-corrected chi connectivity index (χ3v) is 2.91. The molecule has 0 atom stereocenters. The molecule has 2 rings (SSSR count). The van der Waals surface area contributed by atoms with E-state index in [0.717, 1.165) is 21.6 Å². The van der Waals surface area contributed by atoms with Crippen LogP contribution in [0.5, 0.6) is 0 Å². The second-order valence-electron chi connectivity index (χ2n) is 3.68. The van der Waals surface area contributed by atoms with Gasteiger partial charge >= 0.3 is 0 Å².